The zero-order valence-corrected chi connectivity index (χ0v) is 13.1. The standard InChI is InChI=1S/C14H19F3N4O3/c1-2-18-8-9-7-11(20-12(19-9)14(15,16)17)24-10-3-5-21(6-4-10)13(22)23/h7,10,18H,2-6,8H2,1H3,(H,22,23). The molecule has 2 heterocycles. The van der Waals surface area contributed by atoms with Gasteiger partial charge in [-0.1, -0.05) is 6.92 Å². The third-order valence-electron chi connectivity index (χ3n) is 3.57. The van der Waals surface area contributed by atoms with Gasteiger partial charge in [-0.3, -0.25) is 0 Å². The van der Waals surface area contributed by atoms with E-state index < -0.39 is 18.1 Å². The fourth-order valence-electron chi connectivity index (χ4n) is 2.34. The molecular formula is C14H19F3N4O3. The lowest BCUT2D eigenvalue weighted by atomic mass is 10.1. The topological polar surface area (TPSA) is 87.6 Å². The maximum atomic E-state index is 12.9. The predicted molar refractivity (Wildman–Crippen MR) is 77.7 cm³/mol. The number of rotatable bonds is 5. The SMILES string of the molecule is CCNCc1cc(OC2CCN(C(=O)O)CC2)nc(C(F)(F)F)n1. The lowest BCUT2D eigenvalue weighted by molar-refractivity contribution is -0.145. The van der Waals surface area contributed by atoms with Gasteiger partial charge in [0.2, 0.25) is 11.7 Å². The minimum absolute atomic E-state index is 0.140. The van der Waals surface area contributed by atoms with Crippen molar-refractivity contribution in [1.82, 2.24) is 20.2 Å². The van der Waals surface area contributed by atoms with Crippen LogP contribution in [0.5, 0.6) is 5.88 Å². The number of ether oxygens (including phenoxy) is 1. The third kappa shape index (κ3) is 4.95. The van der Waals surface area contributed by atoms with Crippen LogP contribution in [0, 0.1) is 0 Å². The van der Waals surface area contributed by atoms with Gasteiger partial charge in [0.25, 0.3) is 0 Å². The lowest BCUT2D eigenvalue weighted by Gasteiger charge is -2.30. The fourth-order valence-corrected chi connectivity index (χ4v) is 2.34. The molecule has 1 fully saturated rings. The molecule has 0 saturated carbocycles. The first-order chi connectivity index (χ1) is 11.3. The molecule has 1 aliphatic rings. The summed E-state index contributed by atoms with van der Waals surface area (Å²) in [7, 11) is 0. The molecule has 1 aliphatic heterocycles. The third-order valence-corrected chi connectivity index (χ3v) is 3.57. The van der Waals surface area contributed by atoms with Crippen molar-refractivity contribution in [3.05, 3.63) is 17.6 Å². The molecule has 0 radical (unpaired) electrons. The largest absolute Gasteiger partial charge is 0.474 e. The minimum atomic E-state index is -4.66. The predicted octanol–water partition coefficient (Wildman–Crippen LogP) is 2.13. The molecular weight excluding hydrogens is 329 g/mol. The summed E-state index contributed by atoms with van der Waals surface area (Å²) in [5, 5.41) is 11.8. The molecule has 134 valence electrons. The number of halogens is 3. The zero-order valence-electron chi connectivity index (χ0n) is 13.1. The number of carbonyl (C=O) groups is 1. The maximum Gasteiger partial charge on any atom is 0.451 e. The molecule has 10 heteroatoms. The highest BCUT2D eigenvalue weighted by Gasteiger charge is 2.36. The molecule has 0 spiro atoms. The van der Waals surface area contributed by atoms with Gasteiger partial charge in [-0.2, -0.15) is 18.2 Å². The Balaban J connectivity index is 2.10. The Labute approximate surface area is 136 Å². The maximum absolute atomic E-state index is 12.9. The fraction of sp³-hybridized carbons (Fsp3) is 0.643. The van der Waals surface area contributed by atoms with E-state index in [-0.39, 0.29) is 37.3 Å². The van der Waals surface area contributed by atoms with E-state index in [1.807, 2.05) is 6.92 Å². The highest BCUT2D eigenvalue weighted by molar-refractivity contribution is 5.65. The number of hydrogen-bond donors (Lipinski definition) is 2. The van der Waals surface area contributed by atoms with Crippen LogP contribution in [-0.4, -0.2) is 51.8 Å². The number of carboxylic acid groups (broad SMARTS) is 1. The molecule has 1 aromatic heterocycles. The molecule has 24 heavy (non-hydrogen) atoms. The van der Waals surface area contributed by atoms with E-state index >= 15 is 0 Å². The number of likely N-dealkylation sites (tertiary alicyclic amines) is 1. The van der Waals surface area contributed by atoms with Crippen molar-refractivity contribution < 1.29 is 27.8 Å². The summed E-state index contributed by atoms with van der Waals surface area (Å²) in [6, 6.07) is 1.38. The molecule has 2 rings (SSSR count). The van der Waals surface area contributed by atoms with Crippen molar-refractivity contribution >= 4 is 6.09 Å². The number of aromatic nitrogens is 2. The van der Waals surface area contributed by atoms with Crippen molar-refractivity contribution in [2.75, 3.05) is 19.6 Å². The highest BCUT2D eigenvalue weighted by atomic mass is 19.4. The number of nitrogens with one attached hydrogen (secondary N) is 1. The number of hydrogen-bond acceptors (Lipinski definition) is 5. The van der Waals surface area contributed by atoms with Gasteiger partial charge in [-0.15, -0.1) is 0 Å². The van der Waals surface area contributed by atoms with Gasteiger partial charge in [0.05, 0.1) is 5.69 Å². The van der Waals surface area contributed by atoms with E-state index in [1.165, 1.54) is 11.0 Å². The second-order valence-electron chi connectivity index (χ2n) is 5.39. The first kappa shape index (κ1) is 18.2. The first-order valence-corrected chi connectivity index (χ1v) is 7.60. The van der Waals surface area contributed by atoms with Crippen LogP contribution >= 0.6 is 0 Å². The lowest BCUT2D eigenvalue weighted by Crippen LogP contribution is -2.41. The van der Waals surface area contributed by atoms with Crippen LogP contribution in [0.15, 0.2) is 6.07 Å². The molecule has 0 atom stereocenters. The van der Waals surface area contributed by atoms with Gasteiger partial charge in [0, 0.05) is 38.5 Å². The Morgan fingerprint density at radius 3 is 2.62 bits per heavy atom. The molecule has 0 unspecified atom stereocenters. The summed E-state index contributed by atoms with van der Waals surface area (Å²) in [6.45, 7) is 3.16. The van der Waals surface area contributed by atoms with Gasteiger partial charge in [0.15, 0.2) is 0 Å². The second kappa shape index (κ2) is 7.65. The van der Waals surface area contributed by atoms with Crippen LogP contribution in [0.25, 0.3) is 0 Å². The van der Waals surface area contributed by atoms with Crippen LogP contribution in [0.1, 0.15) is 31.3 Å². The minimum Gasteiger partial charge on any atom is -0.474 e. The number of nitrogens with zero attached hydrogens (tertiary/aromatic N) is 3. The molecule has 1 amide bonds. The Hall–Kier alpha value is -2.10. The number of piperidine rings is 1. The average Bonchev–Trinajstić information content (AvgIpc) is 2.52. The van der Waals surface area contributed by atoms with Crippen molar-refractivity contribution in [2.45, 2.75) is 38.6 Å². The van der Waals surface area contributed by atoms with E-state index in [9.17, 15) is 18.0 Å². The van der Waals surface area contributed by atoms with Gasteiger partial charge >= 0.3 is 12.3 Å². The van der Waals surface area contributed by atoms with Crippen molar-refractivity contribution in [3.8, 4) is 5.88 Å². The van der Waals surface area contributed by atoms with Crippen LogP contribution in [0.4, 0.5) is 18.0 Å². The van der Waals surface area contributed by atoms with Crippen LogP contribution < -0.4 is 10.1 Å². The van der Waals surface area contributed by atoms with E-state index in [0.717, 1.165) is 0 Å². The van der Waals surface area contributed by atoms with E-state index in [2.05, 4.69) is 15.3 Å². The second-order valence-corrected chi connectivity index (χ2v) is 5.39. The molecule has 0 aromatic carbocycles. The Kier molecular flexibility index (Phi) is 5.81. The summed E-state index contributed by atoms with van der Waals surface area (Å²) < 4.78 is 44.3. The number of amides is 1. The van der Waals surface area contributed by atoms with Crippen LogP contribution in [-0.2, 0) is 12.7 Å². The quantitative estimate of drug-likeness (QED) is 0.848. The smallest absolute Gasteiger partial charge is 0.451 e. The Bertz CT molecular complexity index is 575. The molecule has 7 nitrogen and oxygen atoms in total. The Morgan fingerprint density at radius 2 is 2.08 bits per heavy atom. The highest BCUT2D eigenvalue weighted by Crippen LogP contribution is 2.28. The van der Waals surface area contributed by atoms with Gasteiger partial charge in [0.1, 0.15) is 6.10 Å². The normalized spacial score (nSPS) is 16.2. The first-order valence-electron chi connectivity index (χ1n) is 7.60. The summed E-state index contributed by atoms with van der Waals surface area (Å²) in [6.07, 6.45) is -5.24. The van der Waals surface area contributed by atoms with Crippen LogP contribution in [0.3, 0.4) is 0 Å². The van der Waals surface area contributed by atoms with Crippen LogP contribution in [0.2, 0.25) is 0 Å². The van der Waals surface area contributed by atoms with E-state index in [1.54, 1.807) is 0 Å². The monoisotopic (exact) mass is 348 g/mol. The van der Waals surface area contributed by atoms with Gasteiger partial charge in [-0.05, 0) is 6.54 Å². The molecule has 0 aliphatic carbocycles. The van der Waals surface area contributed by atoms with Crippen molar-refractivity contribution in [3.63, 3.8) is 0 Å². The van der Waals surface area contributed by atoms with Crippen molar-refractivity contribution in [1.29, 1.82) is 0 Å². The van der Waals surface area contributed by atoms with Gasteiger partial charge < -0.3 is 20.1 Å². The molecule has 1 aromatic rings. The molecule has 1 saturated heterocycles. The summed E-state index contributed by atoms with van der Waals surface area (Å²) in [4.78, 5) is 19.1. The molecule has 0 bridgehead atoms. The number of alkyl halides is 3. The van der Waals surface area contributed by atoms with Crippen molar-refractivity contribution in [2.24, 2.45) is 0 Å². The summed E-state index contributed by atoms with van der Waals surface area (Å²) >= 11 is 0. The van der Waals surface area contributed by atoms with Gasteiger partial charge in [-0.25, -0.2) is 9.78 Å². The summed E-state index contributed by atoms with van der Waals surface area (Å²) in [5.41, 5.74) is 0.192. The van der Waals surface area contributed by atoms with E-state index in [4.69, 9.17) is 9.84 Å². The zero-order chi connectivity index (χ0) is 17.7. The molecule has 2 N–H and O–H groups in total. The Morgan fingerprint density at radius 1 is 1.42 bits per heavy atom. The summed E-state index contributed by atoms with van der Waals surface area (Å²) in [5.74, 6) is -1.38. The van der Waals surface area contributed by atoms with E-state index in [0.29, 0.717) is 19.4 Å². The average molecular weight is 348 g/mol.